The number of rotatable bonds is 13. The average molecular weight is 321 g/mol. The van der Waals surface area contributed by atoms with Gasteiger partial charge in [0, 0.05) is 17.4 Å². The molecule has 0 saturated carbocycles. The molecule has 1 amide bonds. The summed E-state index contributed by atoms with van der Waals surface area (Å²) in [5.74, 6) is 0.822. The Morgan fingerprint density at radius 1 is 1.10 bits per heavy atom. The Morgan fingerprint density at radius 3 is 2.38 bits per heavy atom. The zero-order valence-corrected chi connectivity index (χ0v) is 13.9. The fourth-order valence-corrected chi connectivity index (χ4v) is 2.07. The molecule has 0 radical (unpaired) electrons. The van der Waals surface area contributed by atoms with E-state index in [1.165, 1.54) is 0 Å². The first-order valence-electron chi connectivity index (χ1n) is 7.18. The van der Waals surface area contributed by atoms with Crippen molar-refractivity contribution in [3.05, 3.63) is 0 Å². The van der Waals surface area contributed by atoms with Crippen LogP contribution in [0.1, 0.15) is 27.2 Å². The van der Waals surface area contributed by atoms with Crippen LogP contribution in [0.2, 0.25) is 0 Å². The van der Waals surface area contributed by atoms with Gasteiger partial charge >= 0.3 is 5.97 Å². The van der Waals surface area contributed by atoms with Crippen LogP contribution >= 0.6 is 11.8 Å². The maximum atomic E-state index is 11.3. The highest BCUT2D eigenvalue weighted by molar-refractivity contribution is 7.99. The molecule has 0 saturated heterocycles. The maximum Gasteiger partial charge on any atom is 0.308 e. The highest BCUT2D eigenvalue weighted by Crippen LogP contribution is 2.07. The van der Waals surface area contributed by atoms with Crippen LogP contribution in [0, 0.1) is 11.8 Å². The lowest BCUT2D eigenvalue weighted by atomic mass is 10.1. The van der Waals surface area contributed by atoms with Crippen molar-refractivity contribution in [3.8, 4) is 0 Å². The Kier molecular flexibility index (Phi) is 12.4. The van der Waals surface area contributed by atoms with Crippen LogP contribution in [-0.4, -0.2) is 50.0 Å². The van der Waals surface area contributed by atoms with E-state index in [1.54, 1.807) is 18.7 Å². The van der Waals surface area contributed by atoms with E-state index in [1.807, 2.05) is 13.8 Å². The van der Waals surface area contributed by atoms with Gasteiger partial charge in [-0.2, -0.15) is 11.8 Å². The summed E-state index contributed by atoms with van der Waals surface area (Å²) in [6.07, 6.45) is 0.773. The molecule has 2 N–H and O–H groups in total. The SMILES string of the molecule is CCC(C)C(=O)OCCOCOCCSCC(C)C(N)=O. The second-order valence-electron chi connectivity index (χ2n) is 4.79. The van der Waals surface area contributed by atoms with Gasteiger partial charge in [-0.3, -0.25) is 9.59 Å². The average Bonchev–Trinajstić information content (AvgIpc) is 2.47. The molecule has 0 heterocycles. The number of esters is 1. The molecule has 0 aliphatic carbocycles. The molecule has 0 aliphatic heterocycles. The second-order valence-corrected chi connectivity index (χ2v) is 5.94. The molecule has 0 fully saturated rings. The third-order valence-corrected chi connectivity index (χ3v) is 4.07. The Hall–Kier alpha value is -0.790. The molecular weight excluding hydrogens is 294 g/mol. The van der Waals surface area contributed by atoms with E-state index in [-0.39, 0.29) is 37.1 Å². The lowest BCUT2D eigenvalue weighted by Crippen LogP contribution is -2.22. The fraction of sp³-hybridized carbons (Fsp3) is 0.857. The number of carbonyl (C=O) groups excluding carboxylic acids is 2. The van der Waals surface area contributed by atoms with Crippen LogP contribution in [-0.2, 0) is 23.8 Å². The number of thioether (sulfide) groups is 1. The zero-order valence-electron chi connectivity index (χ0n) is 13.1. The maximum absolute atomic E-state index is 11.3. The molecule has 0 spiro atoms. The monoisotopic (exact) mass is 321 g/mol. The molecule has 2 unspecified atom stereocenters. The molecule has 0 rings (SSSR count). The van der Waals surface area contributed by atoms with Gasteiger partial charge in [0.2, 0.25) is 5.91 Å². The Morgan fingerprint density at radius 2 is 1.76 bits per heavy atom. The van der Waals surface area contributed by atoms with Gasteiger partial charge in [-0.1, -0.05) is 20.8 Å². The smallest absolute Gasteiger partial charge is 0.308 e. The molecule has 6 nitrogen and oxygen atoms in total. The van der Waals surface area contributed by atoms with E-state index in [0.717, 1.165) is 12.2 Å². The number of hydrogen-bond donors (Lipinski definition) is 1. The van der Waals surface area contributed by atoms with E-state index < -0.39 is 0 Å². The van der Waals surface area contributed by atoms with Crippen LogP contribution < -0.4 is 5.73 Å². The van der Waals surface area contributed by atoms with Gasteiger partial charge in [0.05, 0.1) is 19.1 Å². The van der Waals surface area contributed by atoms with Gasteiger partial charge in [0.1, 0.15) is 13.4 Å². The molecule has 0 aromatic heterocycles. The lowest BCUT2D eigenvalue weighted by molar-refractivity contribution is -0.151. The highest BCUT2D eigenvalue weighted by Gasteiger charge is 2.11. The van der Waals surface area contributed by atoms with Crippen molar-refractivity contribution >= 4 is 23.6 Å². The molecule has 21 heavy (non-hydrogen) atoms. The number of carbonyl (C=O) groups is 2. The predicted molar refractivity (Wildman–Crippen MR) is 82.9 cm³/mol. The third-order valence-electron chi connectivity index (χ3n) is 2.88. The number of primary amides is 1. The quantitative estimate of drug-likeness (QED) is 0.313. The number of nitrogens with two attached hydrogens (primary N) is 1. The van der Waals surface area contributed by atoms with Crippen LogP contribution in [0.15, 0.2) is 0 Å². The number of amides is 1. The molecular formula is C14H27NO5S. The van der Waals surface area contributed by atoms with Crippen molar-refractivity contribution < 1.29 is 23.8 Å². The topological polar surface area (TPSA) is 87.8 Å². The Labute approximate surface area is 131 Å². The summed E-state index contributed by atoms with van der Waals surface area (Å²) in [5, 5.41) is 0. The number of ether oxygens (including phenoxy) is 3. The summed E-state index contributed by atoms with van der Waals surface area (Å²) in [6.45, 7) is 6.88. The van der Waals surface area contributed by atoms with Gasteiger partial charge in [0.25, 0.3) is 0 Å². The van der Waals surface area contributed by atoms with Crippen molar-refractivity contribution in [1.82, 2.24) is 0 Å². The van der Waals surface area contributed by atoms with Gasteiger partial charge in [0.15, 0.2) is 0 Å². The van der Waals surface area contributed by atoms with Gasteiger partial charge in [-0.05, 0) is 6.42 Å². The van der Waals surface area contributed by atoms with Gasteiger partial charge < -0.3 is 19.9 Å². The summed E-state index contributed by atoms with van der Waals surface area (Å²) in [5.41, 5.74) is 5.15. The largest absolute Gasteiger partial charge is 0.463 e. The Bertz CT molecular complexity index is 301. The van der Waals surface area contributed by atoms with E-state index >= 15 is 0 Å². The van der Waals surface area contributed by atoms with Crippen molar-refractivity contribution in [3.63, 3.8) is 0 Å². The minimum Gasteiger partial charge on any atom is -0.463 e. The molecule has 2 atom stereocenters. The first-order chi connectivity index (χ1) is 9.99. The molecule has 124 valence electrons. The normalized spacial score (nSPS) is 13.7. The standard InChI is InChI=1S/C14H27NO5S/c1-4-11(2)14(17)20-6-5-18-10-19-7-8-21-9-12(3)13(15)16/h11-12H,4-10H2,1-3H3,(H2,15,16). The van der Waals surface area contributed by atoms with Gasteiger partial charge in [-0.25, -0.2) is 0 Å². The van der Waals surface area contributed by atoms with Crippen LogP contribution in [0.4, 0.5) is 0 Å². The molecule has 0 aromatic rings. The molecule has 0 aliphatic rings. The minimum atomic E-state index is -0.279. The summed E-state index contributed by atoms with van der Waals surface area (Å²) in [7, 11) is 0. The van der Waals surface area contributed by atoms with Crippen LogP contribution in [0.3, 0.4) is 0 Å². The highest BCUT2D eigenvalue weighted by atomic mass is 32.2. The van der Waals surface area contributed by atoms with Crippen LogP contribution in [0.25, 0.3) is 0 Å². The Balaban J connectivity index is 3.26. The number of hydrogen-bond acceptors (Lipinski definition) is 6. The van der Waals surface area contributed by atoms with Crippen molar-refractivity contribution in [2.75, 3.05) is 38.1 Å². The molecule has 0 aromatic carbocycles. The zero-order chi connectivity index (χ0) is 16.1. The molecule has 0 bridgehead atoms. The third kappa shape index (κ3) is 11.5. The lowest BCUT2D eigenvalue weighted by Gasteiger charge is -2.10. The van der Waals surface area contributed by atoms with Crippen molar-refractivity contribution in [2.24, 2.45) is 17.6 Å². The summed E-state index contributed by atoms with van der Waals surface area (Å²) >= 11 is 1.62. The first-order valence-corrected chi connectivity index (χ1v) is 8.33. The van der Waals surface area contributed by atoms with Crippen molar-refractivity contribution in [1.29, 1.82) is 0 Å². The van der Waals surface area contributed by atoms with E-state index in [2.05, 4.69) is 0 Å². The summed E-state index contributed by atoms with van der Waals surface area (Å²) in [6, 6.07) is 0. The van der Waals surface area contributed by atoms with Gasteiger partial charge in [-0.15, -0.1) is 0 Å². The van der Waals surface area contributed by atoms with E-state index in [4.69, 9.17) is 19.9 Å². The summed E-state index contributed by atoms with van der Waals surface area (Å²) < 4.78 is 15.5. The fourth-order valence-electron chi connectivity index (χ4n) is 1.15. The van der Waals surface area contributed by atoms with Crippen molar-refractivity contribution in [2.45, 2.75) is 27.2 Å². The van der Waals surface area contributed by atoms with E-state index in [9.17, 15) is 9.59 Å². The first kappa shape index (κ1) is 20.2. The minimum absolute atomic E-state index is 0.0685. The van der Waals surface area contributed by atoms with E-state index in [0.29, 0.717) is 19.0 Å². The summed E-state index contributed by atoms with van der Waals surface area (Å²) in [4.78, 5) is 22.1. The predicted octanol–water partition coefficient (Wildman–Crippen LogP) is 1.42. The van der Waals surface area contributed by atoms with Crippen LogP contribution in [0.5, 0.6) is 0 Å². The second kappa shape index (κ2) is 12.9. The molecule has 7 heteroatoms.